The number of nitrogens with zero attached hydrogens (tertiary/aromatic N) is 3. The number of hydrogen-bond donors (Lipinski definition) is 0. The molecule has 2 aromatic rings. The molecule has 19 heavy (non-hydrogen) atoms. The molecule has 96 valence electrons. The molecule has 0 aliphatic heterocycles. The van der Waals surface area contributed by atoms with Gasteiger partial charge in [-0.1, -0.05) is 12.1 Å². The van der Waals surface area contributed by atoms with E-state index in [9.17, 15) is 13.2 Å². The van der Waals surface area contributed by atoms with Gasteiger partial charge >= 0.3 is 6.36 Å². The van der Waals surface area contributed by atoms with Crippen molar-refractivity contribution in [3.8, 4) is 22.9 Å². The molecule has 0 N–H and O–H groups in total. The second-order valence-electron chi connectivity index (χ2n) is 3.48. The molecule has 4 nitrogen and oxygen atoms in total. The largest absolute Gasteiger partial charge is 0.573 e. The molecule has 0 unspecified atom stereocenters. The summed E-state index contributed by atoms with van der Waals surface area (Å²) in [6, 6.07) is 7.19. The lowest BCUT2D eigenvalue weighted by molar-refractivity contribution is -0.274. The second-order valence-corrected chi connectivity index (χ2v) is 3.48. The van der Waals surface area contributed by atoms with Gasteiger partial charge < -0.3 is 4.74 Å². The Hall–Kier alpha value is -2.62. The zero-order valence-electron chi connectivity index (χ0n) is 9.35. The van der Waals surface area contributed by atoms with Crippen LogP contribution >= 0.6 is 0 Å². The molecule has 1 aromatic carbocycles. The minimum Gasteiger partial charge on any atom is -0.406 e. The van der Waals surface area contributed by atoms with Crippen molar-refractivity contribution in [3.63, 3.8) is 0 Å². The molecular weight excluding hydrogens is 259 g/mol. The summed E-state index contributed by atoms with van der Waals surface area (Å²) < 4.78 is 40.1. The smallest absolute Gasteiger partial charge is 0.406 e. The Morgan fingerprint density at radius 3 is 2.37 bits per heavy atom. The van der Waals surface area contributed by atoms with Crippen LogP contribution < -0.4 is 4.74 Å². The van der Waals surface area contributed by atoms with Crippen LogP contribution in [0.25, 0.3) is 11.1 Å². The molecule has 0 atom stereocenters. The van der Waals surface area contributed by atoms with Crippen molar-refractivity contribution in [1.29, 1.82) is 5.26 Å². The first-order valence-electron chi connectivity index (χ1n) is 5.06. The van der Waals surface area contributed by atoms with E-state index in [0.29, 0.717) is 11.1 Å². The van der Waals surface area contributed by atoms with Crippen LogP contribution in [0, 0.1) is 11.3 Å². The Morgan fingerprint density at radius 1 is 1.11 bits per heavy atom. The van der Waals surface area contributed by atoms with Gasteiger partial charge in [-0.3, -0.25) is 0 Å². The van der Waals surface area contributed by atoms with Gasteiger partial charge in [0.2, 0.25) is 5.82 Å². The van der Waals surface area contributed by atoms with Gasteiger partial charge in [-0.05, 0) is 17.7 Å². The molecule has 0 bridgehead atoms. The van der Waals surface area contributed by atoms with Crippen molar-refractivity contribution in [2.24, 2.45) is 0 Å². The Bertz CT molecular complexity index is 617. The van der Waals surface area contributed by atoms with Gasteiger partial charge in [0.25, 0.3) is 0 Å². The number of benzene rings is 1. The van der Waals surface area contributed by atoms with Crippen LogP contribution in [0.15, 0.2) is 36.7 Å². The lowest BCUT2D eigenvalue weighted by Crippen LogP contribution is -2.17. The van der Waals surface area contributed by atoms with E-state index in [1.54, 1.807) is 12.1 Å². The number of halogens is 3. The highest BCUT2D eigenvalue weighted by Crippen LogP contribution is 2.27. The third-order valence-corrected chi connectivity index (χ3v) is 2.15. The molecule has 0 saturated carbocycles. The molecule has 0 spiro atoms. The van der Waals surface area contributed by atoms with Crippen molar-refractivity contribution in [2.45, 2.75) is 6.36 Å². The van der Waals surface area contributed by atoms with Crippen LogP contribution in [0.5, 0.6) is 5.75 Å². The maximum Gasteiger partial charge on any atom is 0.573 e. The molecular formula is C12H6F3N3O. The van der Waals surface area contributed by atoms with Crippen LogP contribution in [-0.4, -0.2) is 16.3 Å². The van der Waals surface area contributed by atoms with E-state index in [-0.39, 0.29) is 11.6 Å². The normalized spacial score (nSPS) is 10.8. The van der Waals surface area contributed by atoms with Gasteiger partial charge in [0.05, 0.1) is 0 Å². The quantitative estimate of drug-likeness (QED) is 0.837. The average molecular weight is 265 g/mol. The predicted octanol–water partition coefficient (Wildman–Crippen LogP) is 2.91. The van der Waals surface area contributed by atoms with Crippen molar-refractivity contribution in [3.05, 3.63) is 42.5 Å². The standard InChI is InChI=1S/C12H6F3N3O/c13-12(14,15)19-10-3-1-2-8(4-10)9-6-17-11(5-16)18-7-9/h1-4,6-7H. The van der Waals surface area contributed by atoms with E-state index in [2.05, 4.69) is 14.7 Å². The second kappa shape index (κ2) is 4.94. The van der Waals surface area contributed by atoms with Gasteiger partial charge in [0, 0.05) is 18.0 Å². The first-order valence-corrected chi connectivity index (χ1v) is 5.06. The van der Waals surface area contributed by atoms with Crippen molar-refractivity contribution in [1.82, 2.24) is 9.97 Å². The third kappa shape index (κ3) is 3.42. The number of ether oxygens (including phenoxy) is 1. The van der Waals surface area contributed by atoms with E-state index in [4.69, 9.17) is 5.26 Å². The summed E-state index contributed by atoms with van der Waals surface area (Å²) in [5.74, 6) is -0.333. The number of alkyl halides is 3. The lowest BCUT2D eigenvalue weighted by atomic mass is 10.1. The van der Waals surface area contributed by atoms with Gasteiger partial charge in [0.1, 0.15) is 11.8 Å². The molecule has 0 fully saturated rings. The average Bonchev–Trinajstić information content (AvgIpc) is 2.37. The predicted molar refractivity (Wildman–Crippen MR) is 58.9 cm³/mol. The summed E-state index contributed by atoms with van der Waals surface area (Å²) in [6.45, 7) is 0. The lowest BCUT2D eigenvalue weighted by Gasteiger charge is -2.09. The van der Waals surface area contributed by atoms with Crippen LogP contribution in [-0.2, 0) is 0 Å². The van der Waals surface area contributed by atoms with Crippen LogP contribution in [0.3, 0.4) is 0 Å². The summed E-state index contributed by atoms with van der Waals surface area (Å²) >= 11 is 0. The highest BCUT2D eigenvalue weighted by Gasteiger charge is 2.31. The Kier molecular flexibility index (Phi) is 3.33. The van der Waals surface area contributed by atoms with Crippen molar-refractivity contribution < 1.29 is 17.9 Å². The summed E-state index contributed by atoms with van der Waals surface area (Å²) in [6.07, 6.45) is -2.02. The number of nitriles is 1. The topological polar surface area (TPSA) is 58.8 Å². The molecule has 0 aliphatic rings. The first kappa shape index (κ1) is 12.8. The van der Waals surface area contributed by atoms with E-state index < -0.39 is 6.36 Å². The maximum atomic E-state index is 12.1. The monoisotopic (exact) mass is 265 g/mol. The summed E-state index contributed by atoms with van der Waals surface area (Å²) in [4.78, 5) is 7.49. The van der Waals surface area contributed by atoms with E-state index in [0.717, 1.165) is 0 Å². The Labute approximate surface area is 106 Å². The van der Waals surface area contributed by atoms with E-state index in [1.165, 1.54) is 30.6 Å². The van der Waals surface area contributed by atoms with Gasteiger partial charge in [0.15, 0.2) is 0 Å². The molecule has 2 rings (SSSR count). The summed E-state index contributed by atoms with van der Waals surface area (Å²) in [5.41, 5.74) is 0.956. The highest BCUT2D eigenvalue weighted by molar-refractivity contribution is 5.63. The van der Waals surface area contributed by atoms with Crippen LogP contribution in [0.2, 0.25) is 0 Å². The number of aromatic nitrogens is 2. The summed E-state index contributed by atoms with van der Waals surface area (Å²) in [5, 5.41) is 8.55. The number of hydrogen-bond acceptors (Lipinski definition) is 4. The maximum absolute atomic E-state index is 12.1. The molecule has 0 saturated heterocycles. The molecule has 0 amide bonds. The highest BCUT2D eigenvalue weighted by atomic mass is 19.4. The zero-order chi connectivity index (χ0) is 13.9. The van der Waals surface area contributed by atoms with Crippen LogP contribution in [0.4, 0.5) is 13.2 Å². The van der Waals surface area contributed by atoms with E-state index in [1.807, 2.05) is 0 Å². The van der Waals surface area contributed by atoms with Gasteiger partial charge in [-0.25, -0.2) is 9.97 Å². The molecule has 0 radical (unpaired) electrons. The van der Waals surface area contributed by atoms with Crippen molar-refractivity contribution in [2.75, 3.05) is 0 Å². The van der Waals surface area contributed by atoms with Gasteiger partial charge in [-0.15, -0.1) is 13.2 Å². The molecule has 0 aliphatic carbocycles. The minimum atomic E-state index is -4.74. The molecule has 1 heterocycles. The fourth-order valence-corrected chi connectivity index (χ4v) is 1.41. The van der Waals surface area contributed by atoms with Crippen molar-refractivity contribution >= 4 is 0 Å². The molecule has 1 aromatic heterocycles. The van der Waals surface area contributed by atoms with Crippen LogP contribution in [0.1, 0.15) is 5.82 Å². The number of rotatable bonds is 2. The Morgan fingerprint density at radius 2 is 1.79 bits per heavy atom. The fourth-order valence-electron chi connectivity index (χ4n) is 1.41. The summed E-state index contributed by atoms with van der Waals surface area (Å²) in [7, 11) is 0. The fraction of sp³-hybridized carbons (Fsp3) is 0.0833. The van der Waals surface area contributed by atoms with E-state index >= 15 is 0 Å². The van der Waals surface area contributed by atoms with Gasteiger partial charge in [-0.2, -0.15) is 5.26 Å². The zero-order valence-corrected chi connectivity index (χ0v) is 9.35. The third-order valence-electron chi connectivity index (χ3n) is 2.15. The Balaban J connectivity index is 2.30. The first-order chi connectivity index (χ1) is 8.98. The SMILES string of the molecule is N#Cc1ncc(-c2cccc(OC(F)(F)F)c2)cn1. The minimum absolute atomic E-state index is 0.00792. The molecule has 7 heteroatoms.